The van der Waals surface area contributed by atoms with Crippen molar-refractivity contribution >= 4 is 46.9 Å². The van der Waals surface area contributed by atoms with Crippen LogP contribution in [0.25, 0.3) is 0 Å². The molecule has 3 aromatic carbocycles. The fourth-order valence-electron chi connectivity index (χ4n) is 4.67. The van der Waals surface area contributed by atoms with Crippen molar-refractivity contribution in [3.8, 4) is 5.75 Å². The zero-order chi connectivity index (χ0) is 38.0. The van der Waals surface area contributed by atoms with E-state index in [0.717, 1.165) is 87.5 Å². The smallest absolute Gasteiger partial charge is 0.321 e. The molecule has 1 aliphatic rings. The highest BCUT2D eigenvalue weighted by atomic mass is 32.2. The molecule has 4 rings (SSSR count). The number of methoxy groups -OCH3 is 1. The van der Waals surface area contributed by atoms with E-state index in [1.807, 2.05) is 99.6 Å². The third-order valence-electron chi connectivity index (χ3n) is 7.79. The largest absolute Gasteiger partial charge is 0.497 e. The molecule has 1 fully saturated rings. The third-order valence-corrected chi connectivity index (χ3v) is 8.53. The van der Waals surface area contributed by atoms with Crippen LogP contribution in [-0.2, 0) is 6.42 Å². The number of urea groups is 3. The van der Waals surface area contributed by atoms with Gasteiger partial charge in [0.2, 0.25) is 0 Å². The van der Waals surface area contributed by atoms with Crippen molar-refractivity contribution in [1.82, 2.24) is 14.7 Å². The molecule has 0 bridgehead atoms. The number of anilines is 3. The fraction of sp³-hybridized carbons (Fsp3) is 0.475. The number of nitrogens with one attached hydrogen (secondary N) is 3. The van der Waals surface area contributed by atoms with Crippen molar-refractivity contribution < 1.29 is 19.1 Å². The number of unbranched alkanes of at least 4 members (excludes halogenated alkanes) is 1. The summed E-state index contributed by atoms with van der Waals surface area (Å²) in [6, 6.07) is 23.1. The van der Waals surface area contributed by atoms with Crippen LogP contribution in [0.2, 0.25) is 0 Å². The average Bonchev–Trinajstić information content (AvgIpc) is 3.72. The van der Waals surface area contributed by atoms with E-state index in [9.17, 15) is 14.4 Å². The first kappa shape index (κ1) is 44.6. The number of likely N-dealkylation sites (tertiary alicyclic amines) is 1. The lowest BCUT2D eigenvalue weighted by Crippen LogP contribution is -2.32. The number of aryl methyl sites for hydroxylation is 1. The van der Waals surface area contributed by atoms with Crippen molar-refractivity contribution in [2.75, 3.05) is 69.6 Å². The number of amides is 6. The molecule has 1 saturated heterocycles. The normalized spacial score (nSPS) is 11.3. The first-order valence-electron chi connectivity index (χ1n) is 18.1. The molecule has 0 radical (unpaired) electrons. The maximum absolute atomic E-state index is 11.8. The Labute approximate surface area is 311 Å². The summed E-state index contributed by atoms with van der Waals surface area (Å²) in [4.78, 5) is 41.6. The predicted molar refractivity (Wildman–Crippen MR) is 217 cm³/mol. The molecule has 0 aromatic heterocycles. The van der Waals surface area contributed by atoms with Gasteiger partial charge in [-0.3, -0.25) is 0 Å². The molecule has 282 valence electrons. The van der Waals surface area contributed by atoms with E-state index in [2.05, 4.69) is 41.9 Å². The zero-order valence-electron chi connectivity index (χ0n) is 32.4. The van der Waals surface area contributed by atoms with Gasteiger partial charge in [-0.15, -0.1) is 11.8 Å². The minimum atomic E-state index is -0.0907. The number of rotatable bonds is 11. The first-order valence-corrected chi connectivity index (χ1v) is 19.3. The summed E-state index contributed by atoms with van der Waals surface area (Å²) in [7, 11) is 5.21. The highest BCUT2D eigenvalue weighted by Crippen LogP contribution is 2.18. The van der Waals surface area contributed by atoms with Crippen LogP contribution < -0.4 is 20.7 Å². The summed E-state index contributed by atoms with van der Waals surface area (Å²) >= 11 is 1.69. The second kappa shape index (κ2) is 26.4. The Bertz CT molecular complexity index is 1380. The van der Waals surface area contributed by atoms with Crippen molar-refractivity contribution in [3.63, 3.8) is 0 Å². The van der Waals surface area contributed by atoms with Gasteiger partial charge in [0.05, 0.1) is 7.11 Å². The van der Waals surface area contributed by atoms with Gasteiger partial charge in [0.25, 0.3) is 0 Å². The summed E-state index contributed by atoms with van der Waals surface area (Å²) in [5.74, 6) is 0.778. The van der Waals surface area contributed by atoms with Crippen LogP contribution in [0, 0.1) is 0 Å². The molecule has 3 N–H and O–H groups in total. The Balaban J connectivity index is 0.000000373. The lowest BCUT2D eigenvalue weighted by Gasteiger charge is -2.17. The topological polar surface area (TPSA) is 106 Å². The van der Waals surface area contributed by atoms with Crippen molar-refractivity contribution in [3.05, 3.63) is 78.4 Å². The maximum atomic E-state index is 11.8. The van der Waals surface area contributed by atoms with Gasteiger partial charge >= 0.3 is 18.1 Å². The minimum absolute atomic E-state index is 0.0294. The van der Waals surface area contributed by atoms with Crippen LogP contribution in [0.5, 0.6) is 5.75 Å². The molecule has 0 atom stereocenters. The number of nitrogens with zero attached hydrogens (tertiary/aromatic N) is 3. The van der Waals surface area contributed by atoms with E-state index < -0.39 is 0 Å². The summed E-state index contributed by atoms with van der Waals surface area (Å²) in [6.45, 7) is 13.6. The number of ether oxygens (including phenoxy) is 1. The Hall–Kier alpha value is -4.38. The number of benzene rings is 3. The molecular weight excluding hydrogens is 661 g/mol. The molecule has 6 amide bonds. The number of carbonyl (C=O) groups is 3. The second-order valence-electron chi connectivity index (χ2n) is 11.7. The number of hydrogen-bond acceptors (Lipinski definition) is 5. The summed E-state index contributed by atoms with van der Waals surface area (Å²) in [5, 5.41) is 8.61. The molecule has 3 aromatic rings. The molecule has 0 aliphatic carbocycles. The van der Waals surface area contributed by atoms with E-state index in [1.165, 1.54) is 10.5 Å². The van der Waals surface area contributed by atoms with E-state index in [0.29, 0.717) is 0 Å². The van der Waals surface area contributed by atoms with Crippen LogP contribution in [-0.4, -0.2) is 86.4 Å². The van der Waals surface area contributed by atoms with Crippen LogP contribution in [0.3, 0.4) is 0 Å². The first-order chi connectivity index (χ1) is 24.6. The van der Waals surface area contributed by atoms with Crippen LogP contribution in [0.4, 0.5) is 31.4 Å². The van der Waals surface area contributed by atoms with Crippen molar-refractivity contribution in [1.29, 1.82) is 0 Å². The highest BCUT2D eigenvalue weighted by Gasteiger charge is 2.17. The molecule has 0 unspecified atom stereocenters. The zero-order valence-corrected chi connectivity index (χ0v) is 33.2. The van der Waals surface area contributed by atoms with E-state index >= 15 is 0 Å². The van der Waals surface area contributed by atoms with E-state index in [-0.39, 0.29) is 18.1 Å². The monoisotopic (exact) mass is 722 g/mol. The number of thioether (sulfide) groups is 1. The van der Waals surface area contributed by atoms with Gasteiger partial charge in [-0.2, -0.15) is 0 Å². The molecule has 1 heterocycles. The van der Waals surface area contributed by atoms with Gasteiger partial charge in [0.15, 0.2) is 0 Å². The van der Waals surface area contributed by atoms with Gasteiger partial charge in [-0.25, -0.2) is 14.4 Å². The molecule has 1 aliphatic heterocycles. The predicted octanol–water partition coefficient (Wildman–Crippen LogP) is 10.1. The summed E-state index contributed by atoms with van der Waals surface area (Å²) in [6.07, 6.45) is 8.40. The Morgan fingerprint density at radius 3 is 1.63 bits per heavy atom. The minimum Gasteiger partial charge on any atom is -0.497 e. The summed E-state index contributed by atoms with van der Waals surface area (Å²) in [5.41, 5.74) is 3.79. The highest BCUT2D eigenvalue weighted by molar-refractivity contribution is 7.98. The fourth-order valence-corrected chi connectivity index (χ4v) is 5.08. The van der Waals surface area contributed by atoms with Crippen LogP contribution in [0.1, 0.15) is 72.3 Å². The average molecular weight is 723 g/mol. The van der Waals surface area contributed by atoms with Gasteiger partial charge < -0.3 is 35.4 Å². The van der Waals surface area contributed by atoms with Gasteiger partial charge in [0, 0.05) is 62.2 Å². The Kier molecular flexibility index (Phi) is 23.1. The van der Waals surface area contributed by atoms with Crippen LogP contribution in [0.15, 0.2) is 77.7 Å². The van der Waals surface area contributed by atoms with E-state index in [1.54, 1.807) is 35.7 Å². The van der Waals surface area contributed by atoms with Gasteiger partial charge in [-0.1, -0.05) is 53.2 Å². The maximum Gasteiger partial charge on any atom is 0.321 e. The molecular formula is C40H62N6O4S. The third kappa shape index (κ3) is 17.9. The molecule has 0 saturated carbocycles. The molecule has 0 spiro atoms. The Morgan fingerprint density at radius 2 is 1.18 bits per heavy atom. The lowest BCUT2D eigenvalue weighted by atomic mass is 10.1. The second-order valence-corrected chi connectivity index (χ2v) is 12.6. The van der Waals surface area contributed by atoms with Gasteiger partial charge in [0.1, 0.15) is 5.75 Å². The Morgan fingerprint density at radius 1 is 0.706 bits per heavy atom. The number of hydrogen-bond donors (Lipinski definition) is 3. The van der Waals surface area contributed by atoms with Crippen molar-refractivity contribution in [2.24, 2.45) is 0 Å². The quantitative estimate of drug-likeness (QED) is 0.171. The molecule has 10 nitrogen and oxygen atoms in total. The standard InChI is InChI=1S/C13H20N2OS.C13H18N2O.C12H18N2O2.C2H6/c1-4-5-10-15(2)13(16)14-11-6-8-12(17-3)9-7-11;1-2-11-5-7-12(8-6-11)14-13(16)15-9-3-4-10-15;1-4-9-14(2)12(15)13-10-5-7-11(16-3)8-6-10;1-2/h6-9H,4-5,10H2,1-3H3,(H,14,16);5-8H,2-4,9-10H2,1H3,(H,14,16);5-8H,4,9H2,1-3H3,(H,13,15);1-2H3. The number of carbonyl (C=O) groups excluding carboxylic acids is 3. The summed E-state index contributed by atoms with van der Waals surface area (Å²) < 4.78 is 5.04. The molecule has 51 heavy (non-hydrogen) atoms. The van der Waals surface area contributed by atoms with E-state index in [4.69, 9.17) is 4.74 Å². The SMILES string of the molecule is CC.CCCCN(C)C(=O)Nc1ccc(SC)cc1.CCCN(C)C(=O)Nc1ccc(OC)cc1.CCc1ccc(NC(=O)N2CCCC2)cc1. The van der Waals surface area contributed by atoms with Crippen LogP contribution >= 0.6 is 11.8 Å². The van der Waals surface area contributed by atoms with Gasteiger partial charge in [-0.05, 0) is 105 Å². The lowest BCUT2D eigenvalue weighted by molar-refractivity contribution is 0.221. The van der Waals surface area contributed by atoms with Crippen molar-refractivity contribution in [2.45, 2.75) is 78.0 Å². The molecule has 11 heteroatoms.